The van der Waals surface area contributed by atoms with E-state index in [1.807, 2.05) is 6.26 Å². The molecule has 0 spiro atoms. The molecule has 0 bridgehead atoms. The number of aromatic nitrogens is 2. The lowest BCUT2D eigenvalue weighted by Gasteiger charge is -1.93. The molecule has 84 valence electrons. The smallest absolute Gasteiger partial charge is 0.187 e. The Balaban J connectivity index is 2.41. The van der Waals surface area contributed by atoms with Crippen LogP contribution in [-0.4, -0.2) is 27.1 Å². The Kier molecular flexibility index (Phi) is 5.98. The zero-order chi connectivity index (χ0) is 11.8. The number of hydrogen-bond donors (Lipinski definition) is 0. The largest absolute Gasteiger partial charge is 0.288 e. The van der Waals surface area contributed by atoms with E-state index in [-0.39, 0.29) is 5.12 Å². The fourth-order valence-corrected chi connectivity index (χ4v) is 1.70. The van der Waals surface area contributed by atoms with E-state index in [1.165, 1.54) is 23.5 Å². The van der Waals surface area contributed by atoms with E-state index in [0.29, 0.717) is 6.42 Å². The third-order valence-electron chi connectivity index (χ3n) is 1.58. The van der Waals surface area contributed by atoms with Crippen LogP contribution in [0.25, 0.3) is 0 Å². The number of rotatable bonds is 3. The van der Waals surface area contributed by atoms with Crippen molar-refractivity contribution in [1.82, 2.24) is 9.97 Å². The molecule has 5 heteroatoms. The van der Waals surface area contributed by atoms with Gasteiger partial charge < -0.3 is 0 Å². The average Bonchev–Trinajstić information content (AvgIpc) is 2.29. The van der Waals surface area contributed by atoms with Crippen molar-refractivity contribution < 1.29 is 4.79 Å². The lowest BCUT2D eigenvalue weighted by molar-refractivity contribution is -0.109. The summed E-state index contributed by atoms with van der Waals surface area (Å²) in [6, 6.07) is 0. The molecule has 1 aromatic rings. The van der Waals surface area contributed by atoms with Gasteiger partial charge in [-0.05, 0) is 6.26 Å². The van der Waals surface area contributed by atoms with Crippen LogP contribution in [0.3, 0.4) is 0 Å². The normalized spacial score (nSPS) is 9.38. The zero-order valence-electron chi connectivity index (χ0n) is 9.19. The highest BCUT2D eigenvalue weighted by atomic mass is 32.2. The molecule has 0 aromatic carbocycles. The maximum atomic E-state index is 10.6. The van der Waals surface area contributed by atoms with Crippen LogP contribution in [0.15, 0.2) is 17.6 Å². The van der Waals surface area contributed by atoms with E-state index in [0.717, 1.165) is 16.5 Å². The molecule has 0 amide bonds. The first-order valence-electron chi connectivity index (χ1n) is 4.70. The van der Waals surface area contributed by atoms with Crippen molar-refractivity contribution in [2.75, 3.05) is 12.0 Å². The summed E-state index contributed by atoms with van der Waals surface area (Å²) in [4.78, 5) is 18.9. The first-order chi connectivity index (χ1) is 7.72. The summed E-state index contributed by atoms with van der Waals surface area (Å²) >= 11 is 2.80. The molecular formula is C11H12N2OS2. The number of hydrogen-bond acceptors (Lipinski definition) is 5. The Morgan fingerprint density at radius 3 is 2.69 bits per heavy atom. The molecule has 0 radical (unpaired) electrons. The molecule has 0 saturated carbocycles. The molecule has 1 heterocycles. The van der Waals surface area contributed by atoms with Gasteiger partial charge in [-0.3, -0.25) is 4.79 Å². The molecule has 1 aromatic heterocycles. The van der Waals surface area contributed by atoms with Crippen LogP contribution in [0.5, 0.6) is 0 Å². The third kappa shape index (κ3) is 5.19. The predicted molar refractivity (Wildman–Crippen MR) is 68.4 cm³/mol. The third-order valence-corrected chi connectivity index (χ3v) is 2.97. The SMILES string of the molecule is CSc1ncc(C#CCCSC(C)=O)cn1. The number of carbonyl (C=O) groups is 1. The number of thioether (sulfide) groups is 2. The molecule has 0 unspecified atom stereocenters. The van der Waals surface area contributed by atoms with Gasteiger partial charge in [-0.1, -0.05) is 35.4 Å². The minimum Gasteiger partial charge on any atom is -0.288 e. The summed E-state index contributed by atoms with van der Waals surface area (Å²) in [6.45, 7) is 1.56. The summed E-state index contributed by atoms with van der Waals surface area (Å²) in [5.74, 6) is 6.69. The highest BCUT2D eigenvalue weighted by Crippen LogP contribution is 2.06. The van der Waals surface area contributed by atoms with Crippen LogP contribution in [0.1, 0.15) is 18.9 Å². The number of carbonyl (C=O) groups excluding carboxylic acids is 1. The minimum atomic E-state index is 0.134. The van der Waals surface area contributed by atoms with Crippen molar-refractivity contribution in [2.24, 2.45) is 0 Å². The maximum Gasteiger partial charge on any atom is 0.187 e. The topological polar surface area (TPSA) is 42.9 Å². The molecule has 0 fully saturated rings. The summed E-state index contributed by atoms with van der Waals surface area (Å²) in [5.41, 5.74) is 0.811. The summed E-state index contributed by atoms with van der Waals surface area (Å²) in [5, 5.41) is 0.882. The van der Waals surface area contributed by atoms with Gasteiger partial charge in [-0.25, -0.2) is 9.97 Å². The molecule has 16 heavy (non-hydrogen) atoms. The Bertz CT molecular complexity index is 406. The molecule has 0 N–H and O–H groups in total. The Morgan fingerprint density at radius 2 is 2.12 bits per heavy atom. The van der Waals surface area contributed by atoms with Gasteiger partial charge >= 0.3 is 0 Å². The average molecular weight is 252 g/mol. The van der Waals surface area contributed by atoms with Crippen molar-refractivity contribution in [1.29, 1.82) is 0 Å². The van der Waals surface area contributed by atoms with E-state index in [2.05, 4.69) is 21.8 Å². The standard InChI is InChI=1S/C11H12N2OS2/c1-9(14)16-6-4-3-5-10-7-12-11(15-2)13-8-10/h7-8H,4,6H2,1-2H3. The van der Waals surface area contributed by atoms with Gasteiger partial charge in [-0.2, -0.15) is 0 Å². The van der Waals surface area contributed by atoms with E-state index < -0.39 is 0 Å². The van der Waals surface area contributed by atoms with Gasteiger partial charge in [0.25, 0.3) is 0 Å². The van der Waals surface area contributed by atoms with Crippen LogP contribution in [0, 0.1) is 11.8 Å². The Morgan fingerprint density at radius 1 is 1.44 bits per heavy atom. The second kappa shape index (κ2) is 7.31. The molecule has 0 aliphatic heterocycles. The number of nitrogens with zero attached hydrogens (tertiary/aromatic N) is 2. The van der Waals surface area contributed by atoms with Crippen molar-refractivity contribution in [3.05, 3.63) is 18.0 Å². The molecule has 1 rings (SSSR count). The maximum absolute atomic E-state index is 10.6. The first kappa shape index (κ1) is 13.1. The predicted octanol–water partition coefficient (Wildman–Crippen LogP) is 2.22. The fraction of sp³-hybridized carbons (Fsp3) is 0.364. The van der Waals surface area contributed by atoms with Gasteiger partial charge in [0.1, 0.15) is 0 Å². The minimum absolute atomic E-state index is 0.134. The van der Waals surface area contributed by atoms with Gasteiger partial charge in [0.05, 0.1) is 5.56 Å². The highest BCUT2D eigenvalue weighted by molar-refractivity contribution is 8.13. The summed E-state index contributed by atoms with van der Waals surface area (Å²) in [7, 11) is 0. The molecule has 0 atom stereocenters. The van der Waals surface area contributed by atoms with Crippen LogP contribution < -0.4 is 0 Å². The van der Waals surface area contributed by atoms with Gasteiger partial charge in [0.15, 0.2) is 10.3 Å². The first-order valence-corrected chi connectivity index (χ1v) is 6.91. The van der Waals surface area contributed by atoms with Crippen molar-refractivity contribution in [3.63, 3.8) is 0 Å². The summed E-state index contributed by atoms with van der Waals surface area (Å²) < 4.78 is 0. The van der Waals surface area contributed by atoms with E-state index in [1.54, 1.807) is 19.3 Å². The second-order valence-electron chi connectivity index (χ2n) is 2.85. The monoisotopic (exact) mass is 252 g/mol. The van der Waals surface area contributed by atoms with E-state index in [4.69, 9.17) is 0 Å². The Labute approximate surface area is 104 Å². The zero-order valence-corrected chi connectivity index (χ0v) is 10.8. The van der Waals surface area contributed by atoms with Crippen LogP contribution >= 0.6 is 23.5 Å². The molecule has 0 aliphatic carbocycles. The summed E-state index contributed by atoms with van der Waals surface area (Å²) in [6.07, 6.45) is 6.06. The molecule has 0 saturated heterocycles. The van der Waals surface area contributed by atoms with Gasteiger partial charge in [-0.15, -0.1) is 0 Å². The highest BCUT2D eigenvalue weighted by Gasteiger charge is 1.93. The lowest BCUT2D eigenvalue weighted by Crippen LogP contribution is -1.87. The molecule has 0 aliphatic rings. The van der Waals surface area contributed by atoms with Crippen molar-refractivity contribution >= 4 is 28.6 Å². The fourth-order valence-electron chi connectivity index (χ4n) is 0.897. The van der Waals surface area contributed by atoms with Crippen LogP contribution in [0.4, 0.5) is 0 Å². The van der Waals surface area contributed by atoms with Gasteiger partial charge in [0, 0.05) is 31.5 Å². The van der Waals surface area contributed by atoms with Gasteiger partial charge in [0.2, 0.25) is 0 Å². The van der Waals surface area contributed by atoms with Crippen LogP contribution in [-0.2, 0) is 4.79 Å². The Hall–Kier alpha value is -0.990. The molecule has 3 nitrogen and oxygen atoms in total. The lowest BCUT2D eigenvalue weighted by atomic mass is 10.3. The van der Waals surface area contributed by atoms with Crippen molar-refractivity contribution in [3.8, 4) is 11.8 Å². The quantitative estimate of drug-likeness (QED) is 0.357. The second-order valence-corrected chi connectivity index (χ2v) is 4.90. The van der Waals surface area contributed by atoms with Crippen molar-refractivity contribution in [2.45, 2.75) is 18.5 Å². The van der Waals surface area contributed by atoms with E-state index >= 15 is 0 Å². The van der Waals surface area contributed by atoms with E-state index in [9.17, 15) is 4.79 Å². The molecular weight excluding hydrogens is 240 g/mol. The van der Waals surface area contributed by atoms with Crippen LogP contribution in [0.2, 0.25) is 0 Å².